The summed E-state index contributed by atoms with van der Waals surface area (Å²) >= 11 is 3.46. The molecule has 0 unspecified atom stereocenters. The molecule has 0 aliphatic heterocycles. The van der Waals surface area contributed by atoms with E-state index in [4.69, 9.17) is 5.73 Å². The van der Waals surface area contributed by atoms with Crippen molar-refractivity contribution >= 4 is 27.3 Å². The Kier molecular flexibility index (Phi) is 1.97. The molecule has 0 bridgehead atoms. The molecule has 1 aliphatic rings. The van der Waals surface area contributed by atoms with E-state index in [1.165, 1.54) is 12.8 Å². The molecule has 0 spiro atoms. The molecular formula is C9H11BrN2. The van der Waals surface area contributed by atoms with E-state index in [1.54, 1.807) is 0 Å². The van der Waals surface area contributed by atoms with E-state index < -0.39 is 0 Å². The van der Waals surface area contributed by atoms with Gasteiger partial charge in [-0.25, -0.2) is 0 Å². The molecule has 3 heteroatoms. The SMILES string of the molecule is Nc1ccc(NC2CC2)c(Br)c1. The lowest BCUT2D eigenvalue weighted by atomic mass is 10.3. The lowest BCUT2D eigenvalue weighted by Gasteiger charge is -2.06. The fraction of sp³-hybridized carbons (Fsp3) is 0.333. The Hall–Kier alpha value is -0.700. The third-order valence-electron chi connectivity index (χ3n) is 1.93. The van der Waals surface area contributed by atoms with Crippen LogP contribution in [0.25, 0.3) is 0 Å². The fourth-order valence-corrected chi connectivity index (χ4v) is 1.61. The van der Waals surface area contributed by atoms with Crippen LogP contribution < -0.4 is 11.1 Å². The Morgan fingerprint density at radius 1 is 1.42 bits per heavy atom. The first-order valence-electron chi connectivity index (χ1n) is 4.07. The van der Waals surface area contributed by atoms with Crippen LogP contribution in [-0.4, -0.2) is 6.04 Å². The van der Waals surface area contributed by atoms with Gasteiger partial charge < -0.3 is 11.1 Å². The van der Waals surface area contributed by atoms with Gasteiger partial charge in [0.1, 0.15) is 0 Å². The van der Waals surface area contributed by atoms with Crippen molar-refractivity contribution in [2.75, 3.05) is 11.1 Å². The van der Waals surface area contributed by atoms with Crippen LogP contribution in [0.1, 0.15) is 12.8 Å². The lowest BCUT2D eigenvalue weighted by Crippen LogP contribution is -2.01. The molecule has 1 saturated carbocycles. The molecule has 1 fully saturated rings. The highest BCUT2D eigenvalue weighted by atomic mass is 79.9. The highest BCUT2D eigenvalue weighted by Gasteiger charge is 2.21. The number of hydrogen-bond donors (Lipinski definition) is 2. The third-order valence-corrected chi connectivity index (χ3v) is 2.59. The third kappa shape index (κ3) is 1.72. The van der Waals surface area contributed by atoms with Crippen LogP contribution in [0.4, 0.5) is 11.4 Å². The molecule has 12 heavy (non-hydrogen) atoms. The van der Waals surface area contributed by atoms with Crippen molar-refractivity contribution in [1.29, 1.82) is 0 Å². The molecule has 0 aromatic heterocycles. The summed E-state index contributed by atoms with van der Waals surface area (Å²) in [6, 6.07) is 6.53. The number of benzene rings is 1. The number of nitrogens with two attached hydrogens (primary N) is 1. The summed E-state index contributed by atoms with van der Waals surface area (Å²) in [7, 11) is 0. The maximum Gasteiger partial charge on any atom is 0.0488 e. The molecule has 0 radical (unpaired) electrons. The fourth-order valence-electron chi connectivity index (χ4n) is 1.10. The zero-order chi connectivity index (χ0) is 8.55. The van der Waals surface area contributed by atoms with Crippen molar-refractivity contribution in [3.8, 4) is 0 Å². The zero-order valence-electron chi connectivity index (χ0n) is 6.68. The zero-order valence-corrected chi connectivity index (χ0v) is 8.26. The van der Waals surface area contributed by atoms with Crippen molar-refractivity contribution in [1.82, 2.24) is 0 Å². The summed E-state index contributed by atoms with van der Waals surface area (Å²) in [6.07, 6.45) is 2.58. The smallest absolute Gasteiger partial charge is 0.0488 e. The normalized spacial score (nSPS) is 16.1. The van der Waals surface area contributed by atoms with Crippen LogP contribution in [0.5, 0.6) is 0 Å². The first kappa shape index (κ1) is 7.92. The van der Waals surface area contributed by atoms with Gasteiger partial charge in [0.15, 0.2) is 0 Å². The molecule has 1 aliphatic carbocycles. The Balaban J connectivity index is 2.18. The molecule has 0 atom stereocenters. The van der Waals surface area contributed by atoms with Crippen molar-refractivity contribution < 1.29 is 0 Å². The van der Waals surface area contributed by atoms with Gasteiger partial charge in [0, 0.05) is 21.9 Å². The standard InChI is InChI=1S/C9H11BrN2/c10-8-5-6(11)1-4-9(8)12-7-2-3-7/h1,4-5,7,12H,2-3,11H2. The number of rotatable bonds is 2. The maximum absolute atomic E-state index is 5.62. The highest BCUT2D eigenvalue weighted by molar-refractivity contribution is 9.10. The van der Waals surface area contributed by atoms with E-state index in [9.17, 15) is 0 Å². The summed E-state index contributed by atoms with van der Waals surface area (Å²) in [5.74, 6) is 0. The Morgan fingerprint density at radius 2 is 2.17 bits per heavy atom. The summed E-state index contributed by atoms with van der Waals surface area (Å²) in [6.45, 7) is 0. The predicted octanol–water partition coefficient (Wildman–Crippen LogP) is 2.61. The largest absolute Gasteiger partial charge is 0.399 e. The van der Waals surface area contributed by atoms with Gasteiger partial charge in [-0.05, 0) is 47.0 Å². The molecule has 1 aromatic rings. The number of anilines is 2. The predicted molar refractivity (Wildman–Crippen MR) is 55.2 cm³/mol. The van der Waals surface area contributed by atoms with Gasteiger partial charge in [0.2, 0.25) is 0 Å². The molecule has 0 heterocycles. The van der Waals surface area contributed by atoms with E-state index in [0.717, 1.165) is 15.8 Å². The minimum Gasteiger partial charge on any atom is -0.399 e. The van der Waals surface area contributed by atoms with Gasteiger partial charge in [-0.15, -0.1) is 0 Å². The number of hydrogen-bond acceptors (Lipinski definition) is 2. The molecule has 64 valence electrons. The average molecular weight is 227 g/mol. The van der Waals surface area contributed by atoms with E-state index >= 15 is 0 Å². The minimum absolute atomic E-state index is 0.685. The number of nitrogen functional groups attached to an aromatic ring is 1. The monoisotopic (exact) mass is 226 g/mol. The Bertz CT molecular complexity index is 295. The summed E-state index contributed by atoms with van der Waals surface area (Å²) in [5, 5.41) is 3.41. The average Bonchev–Trinajstić information content (AvgIpc) is 2.79. The highest BCUT2D eigenvalue weighted by Crippen LogP contribution is 2.30. The van der Waals surface area contributed by atoms with E-state index in [-0.39, 0.29) is 0 Å². The van der Waals surface area contributed by atoms with Crippen LogP contribution in [0.15, 0.2) is 22.7 Å². The Morgan fingerprint density at radius 3 is 2.75 bits per heavy atom. The first-order chi connectivity index (χ1) is 5.75. The first-order valence-corrected chi connectivity index (χ1v) is 4.86. The second-order valence-electron chi connectivity index (χ2n) is 3.16. The molecule has 0 amide bonds. The van der Waals surface area contributed by atoms with Crippen molar-refractivity contribution in [2.45, 2.75) is 18.9 Å². The van der Waals surface area contributed by atoms with Crippen molar-refractivity contribution in [2.24, 2.45) is 0 Å². The topological polar surface area (TPSA) is 38.0 Å². The van der Waals surface area contributed by atoms with Crippen LogP contribution in [-0.2, 0) is 0 Å². The molecule has 2 rings (SSSR count). The molecule has 0 saturated heterocycles. The van der Waals surface area contributed by atoms with Gasteiger partial charge >= 0.3 is 0 Å². The van der Waals surface area contributed by atoms with Gasteiger partial charge in [0.25, 0.3) is 0 Å². The van der Waals surface area contributed by atoms with Crippen molar-refractivity contribution in [3.05, 3.63) is 22.7 Å². The lowest BCUT2D eigenvalue weighted by molar-refractivity contribution is 1.15. The van der Waals surface area contributed by atoms with Crippen LogP contribution >= 0.6 is 15.9 Å². The van der Waals surface area contributed by atoms with Gasteiger partial charge in [-0.1, -0.05) is 0 Å². The molecule has 3 N–H and O–H groups in total. The Labute approximate surface area is 80.3 Å². The molecule has 1 aromatic carbocycles. The number of halogens is 1. The van der Waals surface area contributed by atoms with Crippen LogP contribution in [0, 0.1) is 0 Å². The maximum atomic E-state index is 5.62. The van der Waals surface area contributed by atoms with Gasteiger partial charge in [-0.2, -0.15) is 0 Å². The van der Waals surface area contributed by atoms with E-state index in [1.807, 2.05) is 18.2 Å². The van der Waals surface area contributed by atoms with Crippen LogP contribution in [0.3, 0.4) is 0 Å². The van der Waals surface area contributed by atoms with Gasteiger partial charge in [0.05, 0.1) is 0 Å². The minimum atomic E-state index is 0.685. The quantitative estimate of drug-likeness (QED) is 0.762. The second-order valence-corrected chi connectivity index (χ2v) is 4.01. The second kappa shape index (κ2) is 2.98. The summed E-state index contributed by atoms with van der Waals surface area (Å²) in [4.78, 5) is 0. The van der Waals surface area contributed by atoms with Gasteiger partial charge in [-0.3, -0.25) is 0 Å². The summed E-state index contributed by atoms with van der Waals surface area (Å²) < 4.78 is 1.05. The molecular weight excluding hydrogens is 216 g/mol. The van der Waals surface area contributed by atoms with Crippen molar-refractivity contribution in [3.63, 3.8) is 0 Å². The molecule has 2 nitrogen and oxygen atoms in total. The van der Waals surface area contributed by atoms with Crippen LogP contribution in [0.2, 0.25) is 0 Å². The van der Waals surface area contributed by atoms with E-state index in [0.29, 0.717) is 6.04 Å². The summed E-state index contributed by atoms with van der Waals surface area (Å²) in [5.41, 5.74) is 7.56. The van der Waals surface area contributed by atoms with E-state index in [2.05, 4.69) is 21.2 Å². The number of nitrogens with one attached hydrogen (secondary N) is 1.